The molecule has 2 rings (SSSR count). The van der Waals surface area contributed by atoms with Crippen LogP contribution in [-0.4, -0.2) is 9.97 Å². The molecule has 3 nitrogen and oxygen atoms in total. The predicted octanol–water partition coefficient (Wildman–Crippen LogP) is 2.21. The summed E-state index contributed by atoms with van der Waals surface area (Å²) >= 11 is 0. The molecule has 72 valence electrons. The molecule has 1 heterocycles. The van der Waals surface area contributed by atoms with Crippen molar-refractivity contribution in [3.63, 3.8) is 0 Å². The summed E-state index contributed by atoms with van der Waals surface area (Å²) in [7, 11) is 0. The number of hydrogen-bond acceptors (Lipinski definition) is 3. The van der Waals surface area contributed by atoms with E-state index in [0.717, 1.165) is 11.3 Å². The second-order valence-corrected chi connectivity index (χ2v) is 3.06. The highest BCUT2D eigenvalue weighted by Crippen LogP contribution is 2.15. The van der Waals surface area contributed by atoms with E-state index in [-0.39, 0.29) is 6.42 Å². The third kappa shape index (κ3) is 2.18. The van der Waals surface area contributed by atoms with Gasteiger partial charge in [0.25, 0.3) is 0 Å². The van der Waals surface area contributed by atoms with Crippen LogP contribution in [-0.2, 0) is 6.42 Å². The van der Waals surface area contributed by atoms with Crippen molar-refractivity contribution in [3.05, 3.63) is 48.4 Å². The quantitative estimate of drug-likeness (QED) is 0.738. The molecule has 0 atom stereocenters. The highest BCUT2D eigenvalue weighted by molar-refractivity contribution is 5.58. The van der Waals surface area contributed by atoms with Crippen molar-refractivity contribution in [1.82, 2.24) is 9.97 Å². The lowest BCUT2D eigenvalue weighted by atomic mass is 10.1. The van der Waals surface area contributed by atoms with Gasteiger partial charge >= 0.3 is 0 Å². The van der Waals surface area contributed by atoms with Gasteiger partial charge in [-0.2, -0.15) is 5.26 Å². The Kier molecular flexibility index (Phi) is 2.70. The van der Waals surface area contributed by atoms with Crippen LogP contribution < -0.4 is 0 Å². The molecule has 0 spiro atoms. The maximum absolute atomic E-state index is 8.55. The summed E-state index contributed by atoms with van der Waals surface area (Å²) in [6.07, 6.45) is 1.93. The van der Waals surface area contributed by atoms with Crippen molar-refractivity contribution in [2.75, 3.05) is 0 Å². The van der Waals surface area contributed by atoms with Crippen LogP contribution in [0.3, 0.4) is 0 Å². The van der Waals surface area contributed by atoms with Crippen LogP contribution in [0.4, 0.5) is 0 Å². The van der Waals surface area contributed by atoms with Gasteiger partial charge in [-0.3, -0.25) is 0 Å². The fraction of sp³-hybridized carbons (Fsp3) is 0.0833. The monoisotopic (exact) mass is 195 g/mol. The molecular formula is C12H9N3. The minimum atomic E-state index is 0.251. The fourth-order valence-electron chi connectivity index (χ4n) is 1.32. The van der Waals surface area contributed by atoms with Crippen LogP contribution in [0.5, 0.6) is 0 Å². The Morgan fingerprint density at radius 2 is 1.93 bits per heavy atom. The van der Waals surface area contributed by atoms with E-state index in [9.17, 15) is 0 Å². The highest BCUT2D eigenvalue weighted by atomic mass is 14.9. The summed E-state index contributed by atoms with van der Waals surface area (Å²) in [5, 5.41) is 8.55. The van der Waals surface area contributed by atoms with Crippen molar-refractivity contribution >= 4 is 0 Å². The molecule has 0 unspecified atom stereocenters. The lowest BCUT2D eigenvalue weighted by Gasteiger charge is -2.00. The fourth-order valence-corrected chi connectivity index (χ4v) is 1.32. The lowest BCUT2D eigenvalue weighted by Crippen LogP contribution is -1.94. The van der Waals surface area contributed by atoms with Gasteiger partial charge in [0.2, 0.25) is 0 Å². The summed E-state index contributed by atoms with van der Waals surface area (Å²) in [5.74, 6) is 0.568. The second kappa shape index (κ2) is 4.34. The van der Waals surface area contributed by atoms with E-state index < -0.39 is 0 Å². The Hall–Kier alpha value is -2.21. The summed E-state index contributed by atoms with van der Waals surface area (Å²) < 4.78 is 0. The SMILES string of the molecule is N#CCc1nccc(-c2ccccc2)n1. The minimum absolute atomic E-state index is 0.251. The zero-order valence-electron chi connectivity index (χ0n) is 8.09. The number of nitrogens with zero attached hydrogens (tertiary/aromatic N) is 3. The van der Waals surface area contributed by atoms with Gasteiger partial charge in [0.1, 0.15) is 5.82 Å². The Labute approximate surface area is 88.1 Å². The molecule has 0 aliphatic carbocycles. The van der Waals surface area contributed by atoms with E-state index in [1.807, 2.05) is 42.5 Å². The molecule has 0 aliphatic heterocycles. The highest BCUT2D eigenvalue weighted by Gasteiger charge is 2.00. The van der Waals surface area contributed by atoms with E-state index in [0.29, 0.717) is 5.82 Å². The van der Waals surface area contributed by atoms with Crippen molar-refractivity contribution in [2.24, 2.45) is 0 Å². The number of rotatable bonds is 2. The summed E-state index contributed by atoms with van der Waals surface area (Å²) in [4.78, 5) is 8.32. The molecule has 1 aromatic heterocycles. The van der Waals surface area contributed by atoms with Crippen LogP contribution in [0.2, 0.25) is 0 Å². The standard InChI is InChI=1S/C12H9N3/c13-8-6-12-14-9-7-11(15-12)10-4-2-1-3-5-10/h1-5,7,9H,6H2. The van der Waals surface area contributed by atoms with E-state index in [4.69, 9.17) is 5.26 Å². The van der Waals surface area contributed by atoms with Crippen LogP contribution in [0.15, 0.2) is 42.6 Å². The summed E-state index contributed by atoms with van der Waals surface area (Å²) in [6, 6.07) is 13.7. The minimum Gasteiger partial charge on any atom is -0.240 e. The first-order chi connectivity index (χ1) is 7.40. The van der Waals surface area contributed by atoms with Crippen molar-refractivity contribution in [3.8, 4) is 17.3 Å². The topological polar surface area (TPSA) is 49.6 Å². The molecule has 2 aromatic rings. The summed E-state index contributed by atoms with van der Waals surface area (Å²) in [5.41, 5.74) is 1.90. The zero-order chi connectivity index (χ0) is 10.5. The number of hydrogen-bond donors (Lipinski definition) is 0. The molecule has 0 bridgehead atoms. The number of aromatic nitrogens is 2. The lowest BCUT2D eigenvalue weighted by molar-refractivity contribution is 0.999. The Balaban J connectivity index is 2.38. The molecule has 1 aromatic carbocycles. The maximum Gasteiger partial charge on any atom is 0.142 e. The van der Waals surface area contributed by atoms with Gasteiger partial charge in [-0.05, 0) is 6.07 Å². The van der Waals surface area contributed by atoms with Gasteiger partial charge < -0.3 is 0 Å². The normalized spacial score (nSPS) is 9.53. The molecule has 0 N–H and O–H groups in total. The molecular weight excluding hydrogens is 186 g/mol. The average molecular weight is 195 g/mol. The third-order valence-corrected chi connectivity index (χ3v) is 2.01. The van der Waals surface area contributed by atoms with Crippen LogP contribution >= 0.6 is 0 Å². The molecule has 15 heavy (non-hydrogen) atoms. The van der Waals surface area contributed by atoms with Gasteiger partial charge in [0.05, 0.1) is 18.2 Å². The Morgan fingerprint density at radius 3 is 2.67 bits per heavy atom. The van der Waals surface area contributed by atoms with Gasteiger partial charge in [-0.1, -0.05) is 30.3 Å². The van der Waals surface area contributed by atoms with E-state index in [1.165, 1.54) is 0 Å². The van der Waals surface area contributed by atoms with Crippen LogP contribution in [0.25, 0.3) is 11.3 Å². The molecule has 0 aliphatic rings. The van der Waals surface area contributed by atoms with Gasteiger partial charge in [0.15, 0.2) is 0 Å². The average Bonchev–Trinajstić information content (AvgIpc) is 2.31. The zero-order valence-corrected chi connectivity index (χ0v) is 8.09. The van der Waals surface area contributed by atoms with Crippen LogP contribution in [0.1, 0.15) is 5.82 Å². The Bertz CT molecular complexity index is 486. The largest absolute Gasteiger partial charge is 0.240 e. The summed E-state index contributed by atoms with van der Waals surface area (Å²) in [6.45, 7) is 0. The predicted molar refractivity (Wildman–Crippen MR) is 56.8 cm³/mol. The molecule has 0 fully saturated rings. The first-order valence-electron chi connectivity index (χ1n) is 4.64. The van der Waals surface area contributed by atoms with Gasteiger partial charge in [0, 0.05) is 11.8 Å². The van der Waals surface area contributed by atoms with Crippen molar-refractivity contribution < 1.29 is 0 Å². The smallest absolute Gasteiger partial charge is 0.142 e. The van der Waals surface area contributed by atoms with Crippen molar-refractivity contribution in [1.29, 1.82) is 5.26 Å². The maximum atomic E-state index is 8.55. The first-order valence-corrected chi connectivity index (χ1v) is 4.64. The second-order valence-electron chi connectivity index (χ2n) is 3.06. The molecule has 0 radical (unpaired) electrons. The van der Waals surface area contributed by atoms with Crippen LogP contribution in [0, 0.1) is 11.3 Å². The van der Waals surface area contributed by atoms with Crippen molar-refractivity contribution in [2.45, 2.75) is 6.42 Å². The molecule has 0 saturated heterocycles. The van der Waals surface area contributed by atoms with E-state index in [1.54, 1.807) is 6.20 Å². The third-order valence-electron chi connectivity index (χ3n) is 2.01. The number of nitriles is 1. The molecule has 3 heteroatoms. The number of benzene rings is 1. The molecule has 0 saturated carbocycles. The molecule has 0 amide bonds. The first kappa shape index (κ1) is 9.35. The van der Waals surface area contributed by atoms with Gasteiger partial charge in [-0.25, -0.2) is 9.97 Å². The Morgan fingerprint density at radius 1 is 1.13 bits per heavy atom. The van der Waals surface area contributed by atoms with E-state index >= 15 is 0 Å². The van der Waals surface area contributed by atoms with Gasteiger partial charge in [-0.15, -0.1) is 0 Å². The van der Waals surface area contributed by atoms with E-state index in [2.05, 4.69) is 9.97 Å².